The molecular formula is C20H32N4O3. The maximum atomic E-state index is 6.09. The highest BCUT2D eigenvalue weighted by atomic mass is 16.5. The number of hydrogen-bond donors (Lipinski definition) is 1. The first-order valence-electron chi connectivity index (χ1n) is 10.1. The van der Waals surface area contributed by atoms with Gasteiger partial charge in [-0.3, -0.25) is 9.98 Å². The van der Waals surface area contributed by atoms with Gasteiger partial charge in [-0.2, -0.15) is 0 Å². The predicted molar refractivity (Wildman–Crippen MR) is 105 cm³/mol. The molecule has 1 atom stereocenters. The van der Waals surface area contributed by atoms with Crippen molar-refractivity contribution in [1.29, 1.82) is 0 Å². The van der Waals surface area contributed by atoms with Crippen molar-refractivity contribution >= 4 is 5.96 Å². The Kier molecular flexibility index (Phi) is 8.17. The number of pyridine rings is 1. The summed E-state index contributed by atoms with van der Waals surface area (Å²) in [7, 11) is 1.83. The number of ether oxygens (including phenoxy) is 3. The maximum Gasteiger partial charge on any atom is 0.193 e. The number of nitrogens with one attached hydrogen (secondary N) is 1. The Hall–Kier alpha value is -1.86. The number of hydrogen-bond acceptors (Lipinski definition) is 5. The molecule has 0 aliphatic carbocycles. The fourth-order valence-corrected chi connectivity index (χ4v) is 3.51. The van der Waals surface area contributed by atoms with Crippen LogP contribution in [0, 0.1) is 0 Å². The van der Waals surface area contributed by atoms with Gasteiger partial charge in [0, 0.05) is 32.9 Å². The van der Waals surface area contributed by atoms with Gasteiger partial charge in [0.25, 0.3) is 0 Å². The third-order valence-electron chi connectivity index (χ3n) is 5.03. The number of rotatable bonds is 7. The van der Waals surface area contributed by atoms with E-state index >= 15 is 0 Å². The highest BCUT2D eigenvalue weighted by molar-refractivity contribution is 5.79. The van der Waals surface area contributed by atoms with Crippen LogP contribution in [0.3, 0.4) is 0 Å². The highest BCUT2D eigenvalue weighted by Gasteiger charge is 2.23. The zero-order valence-corrected chi connectivity index (χ0v) is 16.3. The number of likely N-dealkylation sites (tertiary alicyclic amines) is 1. The molecule has 1 aromatic rings. The molecule has 0 saturated carbocycles. The number of aliphatic imine (C=N–C) groups is 1. The van der Waals surface area contributed by atoms with E-state index in [1.54, 1.807) is 12.4 Å². The summed E-state index contributed by atoms with van der Waals surface area (Å²) in [6, 6.07) is 3.78. The lowest BCUT2D eigenvalue weighted by Crippen LogP contribution is -2.48. The monoisotopic (exact) mass is 376 g/mol. The summed E-state index contributed by atoms with van der Waals surface area (Å²) >= 11 is 0. The first-order chi connectivity index (χ1) is 13.3. The van der Waals surface area contributed by atoms with Crippen molar-refractivity contribution in [3.63, 3.8) is 0 Å². The molecule has 2 fully saturated rings. The Balaban J connectivity index is 1.31. The third-order valence-corrected chi connectivity index (χ3v) is 5.03. The van der Waals surface area contributed by atoms with Crippen molar-refractivity contribution < 1.29 is 14.2 Å². The predicted octanol–water partition coefficient (Wildman–Crippen LogP) is 2.09. The van der Waals surface area contributed by atoms with E-state index in [1.165, 1.54) is 12.8 Å². The summed E-state index contributed by atoms with van der Waals surface area (Å²) < 4.78 is 17.5. The van der Waals surface area contributed by atoms with Gasteiger partial charge in [0.2, 0.25) is 0 Å². The first kappa shape index (κ1) is 19.9. The second-order valence-electron chi connectivity index (χ2n) is 7.02. The lowest BCUT2D eigenvalue weighted by molar-refractivity contribution is -0.0721. The molecule has 0 spiro atoms. The average Bonchev–Trinajstić information content (AvgIpc) is 2.74. The van der Waals surface area contributed by atoms with Crippen LogP contribution < -0.4 is 10.1 Å². The van der Waals surface area contributed by atoms with Crippen LogP contribution >= 0.6 is 0 Å². The molecule has 0 aromatic carbocycles. The third kappa shape index (κ3) is 6.66. The average molecular weight is 377 g/mol. The Morgan fingerprint density at radius 3 is 2.93 bits per heavy atom. The van der Waals surface area contributed by atoms with Gasteiger partial charge >= 0.3 is 0 Å². The van der Waals surface area contributed by atoms with Gasteiger partial charge in [0.05, 0.1) is 31.6 Å². The van der Waals surface area contributed by atoms with Gasteiger partial charge in [0.1, 0.15) is 12.4 Å². The minimum absolute atomic E-state index is 0.297. The second kappa shape index (κ2) is 11.1. The Labute approximate surface area is 162 Å². The number of nitrogens with zero attached hydrogens (tertiary/aromatic N) is 3. The van der Waals surface area contributed by atoms with Crippen molar-refractivity contribution in [2.24, 2.45) is 4.99 Å². The summed E-state index contributed by atoms with van der Waals surface area (Å²) in [4.78, 5) is 10.7. The molecule has 7 heteroatoms. The second-order valence-corrected chi connectivity index (χ2v) is 7.02. The van der Waals surface area contributed by atoms with E-state index in [2.05, 4.69) is 20.2 Å². The van der Waals surface area contributed by atoms with E-state index in [0.717, 1.165) is 57.3 Å². The van der Waals surface area contributed by atoms with E-state index in [4.69, 9.17) is 14.2 Å². The van der Waals surface area contributed by atoms with Gasteiger partial charge in [-0.1, -0.05) is 0 Å². The van der Waals surface area contributed by atoms with Gasteiger partial charge in [-0.25, -0.2) is 0 Å². The van der Waals surface area contributed by atoms with E-state index in [-0.39, 0.29) is 0 Å². The molecule has 0 radical (unpaired) electrons. The summed E-state index contributed by atoms with van der Waals surface area (Å²) in [5.41, 5.74) is 0. The van der Waals surface area contributed by atoms with Crippen LogP contribution in [0.4, 0.5) is 0 Å². The molecule has 2 aliphatic rings. The fourth-order valence-electron chi connectivity index (χ4n) is 3.51. The summed E-state index contributed by atoms with van der Waals surface area (Å²) in [6.45, 7) is 4.82. The normalized spacial score (nSPS) is 21.9. The fraction of sp³-hybridized carbons (Fsp3) is 0.700. The maximum absolute atomic E-state index is 6.09. The summed E-state index contributed by atoms with van der Waals surface area (Å²) in [5, 5.41) is 3.38. The van der Waals surface area contributed by atoms with Gasteiger partial charge in [-0.05, 0) is 44.2 Å². The molecule has 150 valence electrons. The van der Waals surface area contributed by atoms with Gasteiger partial charge < -0.3 is 24.4 Å². The van der Waals surface area contributed by atoms with Crippen LogP contribution in [0.2, 0.25) is 0 Å². The smallest absolute Gasteiger partial charge is 0.193 e. The quantitative estimate of drug-likeness (QED) is 0.446. The van der Waals surface area contributed by atoms with Gasteiger partial charge in [-0.15, -0.1) is 0 Å². The minimum atomic E-state index is 0.297. The molecule has 1 aromatic heterocycles. The van der Waals surface area contributed by atoms with E-state index in [1.807, 2.05) is 19.2 Å². The van der Waals surface area contributed by atoms with Crippen LogP contribution in [-0.4, -0.2) is 74.6 Å². The van der Waals surface area contributed by atoms with Crippen molar-refractivity contribution in [3.05, 3.63) is 24.5 Å². The summed E-state index contributed by atoms with van der Waals surface area (Å²) in [5.74, 6) is 1.72. The van der Waals surface area contributed by atoms with E-state index < -0.39 is 0 Å². The van der Waals surface area contributed by atoms with E-state index in [9.17, 15) is 0 Å². The standard InChI is InChI=1S/C20H32N4O3/c1-21-20(23-10-14-26-18-6-4-9-22-15-18)24-11-7-17(8-12-24)27-16-19-5-2-3-13-25-19/h4,6,9,15,17,19H,2-3,5,7-8,10-14,16H2,1H3,(H,21,23). The largest absolute Gasteiger partial charge is 0.490 e. The number of guanidine groups is 1. The molecular weight excluding hydrogens is 344 g/mol. The molecule has 0 amide bonds. The zero-order chi connectivity index (χ0) is 18.7. The minimum Gasteiger partial charge on any atom is -0.490 e. The molecule has 2 saturated heterocycles. The topological polar surface area (TPSA) is 68.2 Å². The molecule has 2 aliphatic heterocycles. The number of piperidine rings is 1. The van der Waals surface area contributed by atoms with Crippen LogP contribution in [0.15, 0.2) is 29.5 Å². The van der Waals surface area contributed by atoms with Crippen molar-refractivity contribution in [2.45, 2.75) is 44.3 Å². The van der Waals surface area contributed by atoms with Crippen LogP contribution in [0.1, 0.15) is 32.1 Å². The molecule has 7 nitrogen and oxygen atoms in total. The van der Waals surface area contributed by atoms with Crippen LogP contribution in [0.5, 0.6) is 5.75 Å². The molecule has 1 unspecified atom stereocenters. The Morgan fingerprint density at radius 2 is 2.22 bits per heavy atom. The molecule has 3 heterocycles. The number of aromatic nitrogens is 1. The SMILES string of the molecule is CN=C(NCCOc1cccnc1)N1CCC(OCC2CCCCO2)CC1. The Morgan fingerprint density at radius 1 is 1.33 bits per heavy atom. The molecule has 1 N–H and O–H groups in total. The van der Waals surface area contributed by atoms with Crippen LogP contribution in [0.25, 0.3) is 0 Å². The lowest BCUT2D eigenvalue weighted by atomic mass is 10.1. The van der Waals surface area contributed by atoms with Gasteiger partial charge in [0.15, 0.2) is 5.96 Å². The van der Waals surface area contributed by atoms with Crippen molar-refractivity contribution in [1.82, 2.24) is 15.2 Å². The van der Waals surface area contributed by atoms with Crippen molar-refractivity contribution in [3.8, 4) is 5.75 Å². The summed E-state index contributed by atoms with van der Waals surface area (Å²) in [6.07, 6.45) is 9.73. The Bertz CT molecular complexity index is 556. The zero-order valence-electron chi connectivity index (χ0n) is 16.3. The van der Waals surface area contributed by atoms with E-state index in [0.29, 0.717) is 25.4 Å². The van der Waals surface area contributed by atoms with Crippen LogP contribution in [-0.2, 0) is 9.47 Å². The first-order valence-corrected chi connectivity index (χ1v) is 10.1. The lowest BCUT2D eigenvalue weighted by Gasteiger charge is -2.35. The molecule has 3 rings (SSSR count). The molecule has 0 bridgehead atoms. The molecule has 27 heavy (non-hydrogen) atoms. The van der Waals surface area contributed by atoms with Crippen molar-refractivity contribution in [2.75, 3.05) is 46.5 Å². The highest BCUT2D eigenvalue weighted by Crippen LogP contribution is 2.18.